The van der Waals surface area contributed by atoms with E-state index in [2.05, 4.69) is 45.4 Å². The Morgan fingerprint density at radius 3 is 1.85 bits per heavy atom. The fourth-order valence-corrected chi connectivity index (χ4v) is 4.16. The van der Waals surface area contributed by atoms with Gasteiger partial charge in [-0.3, -0.25) is 0 Å². The highest BCUT2D eigenvalue weighted by Crippen LogP contribution is 2.28. The molecule has 0 heterocycles. The van der Waals surface area contributed by atoms with Gasteiger partial charge in [0.2, 0.25) is 22.6 Å². The molecule has 0 aromatic rings. The van der Waals surface area contributed by atoms with Crippen molar-refractivity contribution in [2.45, 2.75) is 84.2 Å². The molecule has 0 aromatic heterocycles. The van der Waals surface area contributed by atoms with E-state index in [1.807, 2.05) is 0 Å². The van der Waals surface area contributed by atoms with Gasteiger partial charge in [-0.25, -0.2) is 0 Å². The largest absolute Gasteiger partial charge is 0.521 e. The van der Waals surface area contributed by atoms with E-state index >= 15 is 0 Å². The van der Waals surface area contributed by atoms with Gasteiger partial charge in [-0.05, 0) is 64.1 Å². The summed E-state index contributed by atoms with van der Waals surface area (Å²) in [5.74, 6) is 1.75. The van der Waals surface area contributed by atoms with Crippen LogP contribution in [0.5, 0.6) is 0 Å². The second kappa shape index (κ2) is 7.69. The number of rotatable bonds is 7. The van der Waals surface area contributed by atoms with Crippen LogP contribution < -0.4 is 0 Å². The summed E-state index contributed by atoms with van der Waals surface area (Å²) in [7, 11) is -3.16. The molecular weight excluding hydrogens is 280 g/mol. The smallest absolute Gasteiger partial charge is 0.247 e. The second-order valence-electron chi connectivity index (χ2n) is 8.03. The third kappa shape index (κ3) is 8.85. The predicted octanol–water partition coefficient (Wildman–Crippen LogP) is 5.89. The quantitative estimate of drug-likeness (QED) is 0.431. The zero-order chi connectivity index (χ0) is 15.2. The van der Waals surface area contributed by atoms with Crippen molar-refractivity contribution >= 4 is 16.6 Å². The van der Waals surface area contributed by atoms with E-state index in [0.717, 1.165) is 18.3 Å². The molecular formula is C16H34O2Si2. The van der Waals surface area contributed by atoms with Gasteiger partial charge in [0, 0.05) is 0 Å². The zero-order valence-electron chi connectivity index (χ0n) is 14.4. The minimum atomic E-state index is -1.58. The van der Waals surface area contributed by atoms with Crippen molar-refractivity contribution in [3.8, 4) is 0 Å². The molecule has 1 fully saturated rings. The van der Waals surface area contributed by atoms with Crippen molar-refractivity contribution in [3.05, 3.63) is 12.0 Å². The molecule has 118 valence electrons. The third-order valence-corrected chi connectivity index (χ3v) is 5.05. The van der Waals surface area contributed by atoms with E-state index in [-0.39, 0.29) is 0 Å². The van der Waals surface area contributed by atoms with Gasteiger partial charge in [0.05, 0.1) is 0 Å². The van der Waals surface area contributed by atoms with Gasteiger partial charge < -0.3 is 8.85 Å². The molecule has 4 heteroatoms. The molecule has 0 aromatic carbocycles. The molecule has 1 rings (SSSR count). The highest BCUT2D eigenvalue weighted by molar-refractivity contribution is 6.71. The molecule has 0 radical (unpaired) electrons. The van der Waals surface area contributed by atoms with Crippen molar-refractivity contribution in [1.82, 2.24) is 0 Å². The van der Waals surface area contributed by atoms with Gasteiger partial charge in [-0.2, -0.15) is 0 Å². The Labute approximate surface area is 128 Å². The summed E-state index contributed by atoms with van der Waals surface area (Å²) in [5, 5.41) is 0. The SMILES string of the molecule is C[Si](C)(C)OC(=CCCC1CCCCC1)O[Si](C)(C)C. The highest BCUT2D eigenvalue weighted by Gasteiger charge is 2.24. The van der Waals surface area contributed by atoms with Crippen LogP contribution in [0.2, 0.25) is 39.3 Å². The molecule has 0 N–H and O–H groups in total. The van der Waals surface area contributed by atoms with Crippen molar-refractivity contribution in [3.63, 3.8) is 0 Å². The molecule has 0 amide bonds. The van der Waals surface area contributed by atoms with E-state index in [9.17, 15) is 0 Å². The molecule has 20 heavy (non-hydrogen) atoms. The first-order chi connectivity index (χ1) is 9.16. The molecule has 0 unspecified atom stereocenters. The number of hydrogen-bond acceptors (Lipinski definition) is 2. The van der Waals surface area contributed by atoms with E-state index in [1.165, 1.54) is 38.5 Å². The first-order valence-corrected chi connectivity index (χ1v) is 15.1. The van der Waals surface area contributed by atoms with Gasteiger partial charge in [0.1, 0.15) is 0 Å². The summed E-state index contributed by atoms with van der Waals surface area (Å²) in [4.78, 5) is 0. The maximum atomic E-state index is 6.12. The third-order valence-electron chi connectivity index (χ3n) is 3.42. The monoisotopic (exact) mass is 314 g/mol. The fraction of sp³-hybridized carbons (Fsp3) is 0.875. The minimum Gasteiger partial charge on any atom is -0.521 e. The minimum absolute atomic E-state index is 0.819. The van der Waals surface area contributed by atoms with Crippen LogP contribution in [0.4, 0.5) is 0 Å². The van der Waals surface area contributed by atoms with Crippen molar-refractivity contribution in [1.29, 1.82) is 0 Å². The van der Waals surface area contributed by atoms with Gasteiger partial charge in [-0.15, -0.1) is 0 Å². The standard InChI is InChI=1S/C16H34O2Si2/c1-19(2,3)17-16(18-20(4,5)6)14-10-13-15-11-8-7-9-12-15/h14-15H,7-13H2,1-6H3. The van der Waals surface area contributed by atoms with Gasteiger partial charge in [-0.1, -0.05) is 32.1 Å². The van der Waals surface area contributed by atoms with E-state index in [0.29, 0.717) is 0 Å². The molecule has 0 bridgehead atoms. The Balaban J connectivity index is 2.50. The Morgan fingerprint density at radius 2 is 1.40 bits per heavy atom. The predicted molar refractivity (Wildman–Crippen MR) is 92.8 cm³/mol. The first-order valence-electron chi connectivity index (χ1n) is 8.24. The maximum Gasteiger partial charge on any atom is 0.247 e. The summed E-state index contributed by atoms with van der Waals surface area (Å²) in [6.45, 7) is 13.3. The summed E-state index contributed by atoms with van der Waals surface area (Å²) >= 11 is 0. The lowest BCUT2D eigenvalue weighted by Crippen LogP contribution is -2.31. The molecule has 2 nitrogen and oxygen atoms in total. The number of hydrogen-bond donors (Lipinski definition) is 0. The maximum absolute atomic E-state index is 6.12. The zero-order valence-corrected chi connectivity index (χ0v) is 16.4. The van der Waals surface area contributed by atoms with Crippen LogP contribution in [-0.2, 0) is 8.85 Å². The van der Waals surface area contributed by atoms with Crippen molar-refractivity contribution in [2.24, 2.45) is 5.92 Å². The van der Waals surface area contributed by atoms with E-state index < -0.39 is 16.6 Å². The lowest BCUT2D eigenvalue weighted by molar-refractivity contribution is 0.213. The first kappa shape index (κ1) is 17.8. The molecule has 0 aliphatic heterocycles. The summed E-state index contributed by atoms with van der Waals surface area (Å²) in [5.41, 5.74) is 0. The van der Waals surface area contributed by atoms with E-state index in [4.69, 9.17) is 8.85 Å². The lowest BCUT2D eigenvalue weighted by Gasteiger charge is -2.27. The van der Waals surface area contributed by atoms with Crippen LogP contribution in [0.25, 0.3) is 0 Å². The van der Waals surface area contributed by atoms with Crippen molar-refractivity contribution in [2.75, 3.05) is 0 Å². The average Bonchev–Trinajstić information content (AvgIpc) is 2.25. The molecule has 0 spiro atoms. The van der Waals surface area contributed by atoms with E-state index in [1.54, 1.807) is 0 Å². The van der Waals surface area contributed by atoms with Crippen LogP contribution in [-0.4, -0.2) is 16.6 Å². The Hall–Kier alpha value is -0.226. The molecule has 1 aliphatic rings. The second-order valence-corrected chi connectivity index (χ2v) is 16.9. The van der Waals surface area contributed by atoms with Crippen LogP contribution >= 0.6 is 0 Å². The van der Waals surface area contributed by atoms with Gasteiger partial charge >= 0.3 is 0 Å². The van der Waals surface area contributed by atoms with Gasteiger partial charge in [0.25, 0.3) is 0 Å². The Bertz CT molecular complexity index is 289. The Kier molecular flexibility index (Phi) is 6.85. The highest BCUT2D eigenvalue weighted by atomic mass is 28.4. The summed E-state index contributed by atoms with van der Waals surface area (Å²) < 4.78 is 12.2. The Morgan fingerprint density at radius 1 is 0.900 bits per heavy atom. The molecule has 0 saturated heterocycles. The summed E-state index contributed by atoms with van der Waals surface area (Å²) in [6, 6.07) is 0. The van der Waals surface area contributed by atoms with Crippen LogP contribution in [0.3, 0.4) is 0 Å². The van der Waals surface area contributed by atoms with Crippen LogP contribution in [0.15, 0.2) is 12.0 Å². The van der Waals surface area contributed by atoms with Crippen molar-refractivity contribution < 1.29 is 8.85 Å². The molecule has 0 atom stereocenters. The van der Waals surface area contributed by atoms with Crippen LogP contribution in [0, 0.1) is 5.92 Å². The van der Waals surface area contributed by atoms with Crippen LogP contribution in [0.1, 0.15) is 44.9 Å². The average molecular weight is 315 g/mol. The normalized spacial score (nSPS) is 17.7. The summed E-state index contributed by atoms with van der Waals surface area (Å²) in [6.07, 6.45) is 11.8. The molecule has 1 saturated carbocycles. The topological polar surface area (TPSA) is 18.5 Å². The lowest BCUT2D eigenvalue weighted by atomic mass is 9.86. The fourth-order valence-electron chi connectivity index (χ4n) is 2.62. The van der Waals surface area contributed by atoms with Gasteiger partial charge in [0.15, 0.2) is 0 Å². The molecule has 1 aliphatic carbocycles. The number of allylic oxidation sites excluding steroid dienone is 1.